The summed E-state index contributed by atoms with van der Waals surface area (Å²) in [6.07, 6.45) is 5.62. The number of carbonyl (C=O) groups excluding carboxylic acids is 1. The minimum absolute atomic E-state index is 0.137. The van der Waals surface area contributed by atoms with Crippen LogP contribution in [-0.2, 0) is 11.2 Å². The van der Waals surface area contributed by atoms with Crippen molar-refractivity contribution in [2.75, 3.05) is 20.2 Å². The Balaban J connectivity index is 1.94. The lowest BCUT2D eigenvalue weighted by Crippen LogP contribution is -2.29. The molecule has 2 aromatic rings. The number of ether oxygens (including phenoxy) is 1. The van der Waals surface area contributed by atoms with Crippen LogP contribution < -0.4 is 4.74 Å². The summed E-state index contributed by atoms with van der Waals surface area (Å²) in [5, 5.41) is 0. The van der Waals surface area contributed by atoms with Gasteiger partial charge in [-0.3, -0.25) is 4.79 Å². The number of carbonyl (C=O) groups is 1. The average Bonchev–Trinajstić information content (AvgIpc) is 2.68. The van der Waals surface area contributed by atoms with E-state index in [0.717, 1.165) is 30.4 Å². The number of unbranched alkanes of at least 4 members (excludes halogenated alkanes) is 2. The molecule has 4 heteroatoms. The molecule has 27 heavy (non-hydrogen) atoms. The van der Waals surface area contributed by atoms with Crippen molar-refractivity contribution < 1.29 is 13.9 Å². The van der Waals surface area contributed by atoms with Crippen molar-refractivity contribution in [3.8, 4) is 16.9 Å². The maximum Gasteiger partial charge on any atom is 0.245 e. The summed E-state index contributed by atoms with van der Waals surface area (Å²) >= 11 is 0. The Bertz CT molecular complexity index is 755. The molecule has 0 aromatic heterocycles. The number of amides is 1. The number of benzene rings is 2. The molecule has 2 aromatic carbocycles. The van der Waals surface area contributed by atoms with Crippen molar-refractivity contribution in [3.05, 3.63) is 66.5 Å². The zero-order valence-electron chi connectivity index (χ0n) is 16.2. The highest BCUT2D eigenvalue weighted by atomic mass is 19.1. The van der Waals surface area contributed by atoms with E-state index in [-0.39, 0.29) is 11.7 Å². The SMILES string of the molecule is C=CC(=O)N(C)CCOc1ccc(-c2ccc(CCCCC)cc2F)cc1. The van der Waals surface area contributed by atoms with E-state index in [2.05, 4.69) is 13.5 Å². The molecule has 0 aliphatic heterocycles. The highest BCUT2D eigenvalue weighted by molar-refractivity contribution is 5.86. The van der Waals surface area contributed by atoms with Crippen LogP contribution in [-0.4, -0.2) is 31.0 Å². The smallest absolute Gasteiger partial charge is 0.245 e. The van der Waals surface area contributed by atoms with Gasteiger partial charge in [0.15, 0.2) is 0 Å². The minimum Gasteiger partial charge on any atom is -0.492 e. The van der Waals surface area contributed by atoms with Crippen LogP contribution in [0.2, 0.25) is 0 Å². The van der Waals surface area contributed by atoms with Gasteiger partial charge in [-0.1, -0.05) is 50.6 Å². The van der Waals surface area contributed by atoms with Crippen LogP contribution in [0.3, 0.4) is 0 Å². The quantitative estimate of drug-likeness (QED) is 0.423. The molecule has 0 saturated heterocycles. The van der Waals surface area contributed by atoms with Gasteiger partial charge in [-0.05, 0) is 48.2 Å². The van der Waals surface area contributed by atoms with E-state index in [1.807, 2.05) is 36.4 Å². The van der Waals surface area contributed by atoms with Gasteiger partial charge in [0.25, 0.3) is 0 Å². The molecule has 0 N–H and O–H groups in total. The molecule has 0 aliphatic rings. The van der Waals surface area contributed by atoms with Crippen LogP contribution in [0.25, 0.3) is 11.1 Å². The highest BCUT2D eigenvalue weighted by Gasteiger charge is 2.08. The Morgan fingerprint density at radius 1 is 1.19 bits per heavy atom. The normalized spacial score (nSPS) is 10.5. The first kappa shape index (κ1) is 20.7. The van der Waals surface area contributed by atoms with E-state index < -0.39 is 0 Å². The van der Waals surface area contributed by atoms with Crippen LogP contribution in [0, 0.1) is 5.82 Å². The maximum absolute atomic E-state index is 14.5. The molecule has 1 amide bonds. The monoisotopic (exact) mass is 369 g/mol. The van der Waals surface area contributed by atoms with Gasteiger partial charge in [0, 0.05) is 12.6 Å². The van der Waals surface area contributed by atoms with Crippen molar-refractivity contribution in [2.45, 2.75) is 32.6 Å². The second kappa shape index (κ2) is 10.5. The molecule has 0 aliphatic carbocycles. The lowest BCUT2D eigenvalue weighted by atomic mass is 10.0. The standard InChI is InChI=1S/C23H28FNO2/c1-4-6-7-8-18-9-14-21(22(24)17-18)19-10-12-20(13-11-19)27-16-15-25(3)23(26)5-2/h5,9-14,17H,2,4,6-8,15-16H2,1,3H3. The second-order valence-electron chi connectivity index (χ2n) is 6.61. The number of likely N-dealkylation sites (N-methyl/N-ethyl adjacent to an activating group) is 1. The first-order valence-corrected chi connectivity index (χ1v) is 9.44. The van der Waals surface area contributed by atoms with Crippen LogP contribution in [0.1, 0.15) is 31.7 Å². The minimum atomic E-state index is -0.192. The lowest BCUT2D eigenvalue weighted by Gasteiger charge is -2.15. The summed E-state index contributed by atoms with van der Waals surface area (Å²) in [5.74, 6) is 0.361. The first-order chi connectivity index (χ1) is 13.0. The predicted octanol–water partition coefficient (Wildman–Crippen LogP) is 5.25. The number of halogens is 1. The topological polar surface area (TPSA) is 29.5 Å². The number of nitrogens with zero attached hydrogens (tertiary/aromatic N) is 1. The molecule has 0 saturated carbocycles. The summed E-state index contributed by atoms with van der Waals surface area (Å²) in [6.45, 7) is 6.48. The van der Waals surface area contributed by atoms with Crippen molar-refractivity contribution in [1.82, 2.24) is 4.90 Å². The van der Waals surface area contributed by atoms with Gasteiger partial charge in [0.05, 0.1) is 6.54 Å². The third-order valence-corrected chi connectivity index (χ3v) is 4.51. The van der Waals surface area contributed by atoms with Crippen LogP contribution in [0.5, 0.6) is 5.75 Å². The summed E-state index contributed by atoms with van der Waals surface area (Å²) in [4.78, 5) is 12.9. The fourth-order valence-corrected chi connectivity index (χ4v) is 2.82. The highest BCUT2D eigenvalue weighted by Crippen LogP contribution is 2.26. The molecule has 0 spiro atoms. The van der Waals surface area contributed by atoms with Crippen LogP contribution in [0.15, 0.2) is 55.1 Å². The van der Waals surface area contributed by atoms with Gasteiger partial charge in [0.2, 0.25) is 5.91 Å². The van der Waals surface area contributed by atoms with Gasteiger partial charge < -0.3 is 9.64 Å². The van der Waals surface area contributed by atoms with Gasteiger partial charge in [0.1, 0.15) is 18.2 Å². The van der Waals surface area contributed by atoms with Crippen molar-refractivity contribution in [1.29, 1.82) is 0 Å². The average molecular weight is 369 g/mol. The van der Waals surface area contributed by atoms with E-state index >= 15 is 0 Å². The molecule has 3 nitrogen and oxygen atoms in total. The molecular formula is C23H28FNO2. The van der Waals surface area contributed by atoms with E-state index in [0.29, 0.717) is 24.5 Å². The van der Waals surface area contributed by atoms with Gasteiger partial charge in [-0.25, -0.2) is 4.39 Å². The van der Waals surface area contributed by atoms with E-state index in [1.54, 1.807) is 18.0 Å². The summed E-state index contributed by atoms with van der Waals surface area (Å²) in [7, 11) is 1.70. The zero-order valence-corrected chi connectivity index (χ0v) is 16.2. The second-order valence-corrected chi connectivity index (χ2v) is 6.61. The summed E-state index contributed by atoms with van der Waals surface area (Å²) < 4.78 is 20.1. The van der Waals surface area contributed by atoms with Crippen molar-refractivity contribution >= 4 is 5.91 Å². The Labute approximate surface area is 161 Å². The Kier molecular flexibility index (Phi) is 8.05. The summed E-state index contributed by atoms with van der Waals surface area (Å²) in [6, 6.07) is 12.8. The van der Waals surface area contributed by atoms with Crippen LogP contribution in [0.4, 0.5) is 4.39 Å². The lowest BCUT2D eigenvalue weighted by molar-refractivity contribution is -0.125. The maximum atomic E-state index is 14.5. The predicted molar refractivity (Wildman–Crippen MR) is 108 cm³/mol. The number of hydrogen-bond donors (Lipinski definition) is 0. The zero-order chi connectivity index (χ0) is 19.6. The molecular weight excluding hydrogens is 341 g/mol. The van der Waals surface area contributed by atoms with Crippen molar-refractivity contribution in [3.63, 3.8) is 0 Å². The van der Waals surface area contributed by atoms with Crippen molar-refractivity contribution in [2.24, 2.45) is 0 Å². The molecule has 0 radical (unpaired) electrons. The van der Waals surface area contributed by atoms with E-state index in [1.165, 1.54) is 12.5 Å². The number of hydrogen-bond acceptors (Lipinski definition) is 2. The number of rotatable bonds is 10. The summed E-state index contributed by atoms with van der Waals surface area (Å²) in [5.41, 5.74) is 2.46. The van der Waals surface area contributed by atoms with E-state index in [4.69, 9.17) is 4.74 Å². The van der Waals surface area contributed by atoms with E-state index in [9.17, 15) is 9.18 Å². The molecule has 0 heterocycles. The molecule has 0 unspecified atom stereocenters. The molecule has 144 valence electrons. The molecule has 0 bridgehead atoms. The Hall–Kier alpha value is -2.62. The van der Waals surface area contributed by atoms with Gasteiger partial charge >= 0.3 is 0 Å². The fraction of sp³-hybridized carbons (Fsp3) is 0.348. The largest absolute Gasteiger partial charge is 0.492 e. The molecule has 0 atom stereocenters. The molecule has 2 rings (SSSR count). The third kappa shape index (κ3) is 6.24. The van der Waals surface area contributed by atoms with Gasteiger partial charge in [-0.2, -0.15) is 0 Å². The third-order valence-electron chi connectivity index (χ3n) is 4.51. The molecule has 0 fully saturated rings. The van der Waals surface area contributed by atoms with Gasteiger partial charge in [-0.15, -0.1) is 0 Å². The Morgan fingerprint density at radius 2 is 1.93 bits per heavy atom. The number of aryl methyl sites for hydroxylation is 1. The Morgan fingerprint density at radius 3 is 2.56 bits per heavy atom. The van der Waals surface area contributed by atoms with Crippen LogP contribution >= 0.6 is 0 Å². The first-order valence-electron chi connectivity index (χ1n) is 9.44. The fourth-order valence-electron chi connectivity index (χ4n) is 2.82.